The van der Waals surface area contributed by atoms with Crippen molar-refractivity contribution in [2.75, 3.05) is 19.6 Å². The molecule has 1 aliphatic rings. The van der Waals surface area contributed by atoms with Gasteiger partial charge in [-0.3, -0.25) is 0 Å². The van der Waals surface area contributed by atoms with E-state index in [1.807, 2.05) is 0 Å². The quantitative estimate of drug-likeness (QED) is 0.685. The average molecular weight is 402 g/mol. The van der Waals surface area contributed by atoms with Crippen LogP contribution in [0.25, 0.3) is 0 Å². The normalized spacial score (nSPS) is 21.0. The van der Waals surface area contributed by atoms with Crippen LogP contribution in [-0.4, -0.2) is 37.5 Å². The second-order valence-electron chi connectivity index (χ2n) is 5.21. The first-order chi connectivity index (χ1) is 9.97. The van der Waals surface area contributed by atoms with Crippen molar-refractivity contribution in [3.05, 3.63) is 27.7 Å². The van der Waals surface area contributed by atoms with Crippen LogP contribution < -0.4 is 15.4 Å². The van der Waals surface area contributed by atoms with E-state index in [-0.39, 0.29) is 30.2 Å². The summed E-state index contributed by atoms with van der Waals surface area (Å²) in [5.41, 5.74) is 1.33. The van der Waals surface area contributed by atoms with Gasteiger partial charge in [0.25, 0.3) is 0 Å². The molecule has 2 atom stereocenters. The van der Waals surface area contributed by atoms with Crippen LogP contribution in [0.4, 0.5) is 8.78 Å². The van der Waals surface area contributed by atoms with Crippen LogP contribution in [0.1, 0.15) is 11.1 Å². The lowest BCUT2D eigenvalue weighted by atomic mass is 10.1. The summed E-state index contributed by atoms with van der Waals surface area (Å²) >= 11 is 3.36. The standard InChI is InChI=1S/C14H19BrF2N2O2.ClH/c1-8-2-11(15)3-9(13(8)21-14(16)17)4-18-5-10-6-19-7-12(10)20;/h2-3,10,12,14,18-20H,4-7H2,1H3;1H. The fourth-order valence-electron chi connectivity index (χ4n) is 2.51. The van der Waals surface area contributed by atoms with Gasteiger partial charge < -0.3 is 20.5 Å². The van der Waals surface area contributed by atoms with E-state index < -0.39 is 6.61 Å². The van der Waals surface area contributed by atoms with Gasteiger partial charge in [-0.05, 0) is 24.6 Å². The number of hydrogen-bond acceptors (Lipinski definition) is 4. The predicted octanol–water partition coefficient (Wildman–Crippen LogP) is 2.45. The zero-order valence-electron chi connectivity index (χ0n) is 12.1. The number of aliphatic hydroxyl groups is 1. The van der Waals surface area contributed by atoms with Gasteiger partial charge in [0, 0.05) is 42.1 Å². The van der Waals surface area contributed by atoms with Crippen LogP contribution in [0.2, 0.25) is 0 Å². The van der Waals surface area contributed by atoms with Gasteiger partial charge in [-0.25, -0.2) is 0 Å². The van der Waals surface area contributed by atoms with E-state index in [0.717, 1.165) is 11.0 Å². The fourth-order valence-corrected chi connectivity index (χ4v) is 3.13. The monoisotopic (exact) mass is 400 g/mol. The number of aryl methyl sites for hydroxylation is 1. The highest BCUT2D eigenvalue weighted by atomic mass is 79.9. The molecule has 1 aliphatic heterocycles. The average Bonchev–Trinajstić information content (AvgIpc) is 2.79. The van der Waals surface area contributed by atoms with Crippen LogP contribution in [0.3, 0.4) is 0 Å². The Bertz CT molecular complexity index is 494. The Morgan fingerprint density at radius 2 is 2.18 bits per heavy atom. The molecule has 1 fully saturated rings. The van der Waals surface area contributed by atoms with Crippen molar-refractivity contribution in [3.8, 4) is 5.75 Å². The summed E-state index contributed by atoms with van der Waals surface area (Å²) in [6.07, 6.45) is -0.362. The maximum Gasteiger partial charge on any atom is 0.387 e. The molecule has 2 unspecified atom stereocenters. The highest BCUT2D eigenvalue weighted by Crippen LogP contribution is 2.29. The van der Waals surface area contributed by atoms with Crippen molar-refractivity contribution >= 4 is 28.3 Å². The first-order valence-corrected chi connectivity index (χ1v) is 7.60. The number of benzene rings is 1. The van der Waals surface area contributed by atoms with E-state index in [0.29, 0.717) is 30.8 Å². The molecular weight excluding hydrogens is 382 g/mol. The van der Waals surface area contributed by atoms with E-state index in [4.69, 9.17) is 0 Å². The minimum Gasteiger partial charge on any atom is -0.434 e. The van der Waals surface area contributed by atoms with Crippen LogP contribution in [-0.2, 0) is 6.54 Å². The van der Waals surface area contributed by atoms with Crippen molar-refractivity contribution in [2.24, 2.45) is 5.92 Å². The molecule has 0 aromatic heterocycles. The molecule has 2 rings (SSSR count). The topological polar surface area (TPSA) is 53.5 Å². The maximum atomic E-state index is 12.5. The lowest BCUT2D eigenvalue weighted by Crippen LogP contribution is -2.30. The molecule has 0 radical (unpaired) electrons. The molecule has 0 spiro atoms. The summed E-state index contributed by atoms with van der Waals surface area (Å²) in [6, 6.07) is 3.51. The second-order valence-corrected chi connectivity index (χ2v) is 6.12. The van der Waals surface area contributed by atoms with E-state index >= 15 is 0 Å². The first-order valence-electron chi connectivity index (χ1n) is 6.80. The van der Waals surface area contributed by atoms with Crippen molar-refractivity contribution in [1.29, 1.82) is 0 Å². The van der Waals surface area contributed by atoms with Crippen molar-refractivity contribution in [2.45, 2.75) is 26.2 Å². The first kappa shape index (κ1) is 19.6. The Kier molecular flexibility index (Phi) is 7.99. The molecule has 0 saturated carbocycles. The van der Waals surface area contributed by atoms with Crippen molar-refractivity contribution < 1.29 is 18.6 Å². The Labute approximate surface area is 143 Å². The summed E-state index contributed by atoms with van der Waals surface area (Å²) in [6.45, 7) is 1.27. The number of alkyl halides is 2. The molecule has 126 valence electrons. The molecule has 22 heavy (non-hydrogen) atoms. The fraction of sp³-hybridized carbons (Fsp3) is 0.571. The molecule has 1 saturated heterocycles. The highest BCUT2D eigenvalue weighted by Gasteiger charge is 2.24. The summed E-state index contributed by atoms with van der Waals surface area (Å²) in [5.74, 6) is 0.350. The molecule has 0 amide bonds. The Balaban J connectivity index is 0.00000242. The minimum atomic E-state index is -2.84. The number of aliphatic hydroxyl groups excluding tert-OH is 1. The Morgan fingerprint density at radius 1 is 1.45 bits per heavy atom. The predicted molar refractivity (Wildman–Crippen MR) is 86.8 cm³/mol. The SMILES string of the molecule is Cc1cc(Br)cc(CNCC2CNCC2O)c1OC(F)F.Cl. The summed E-state index contributed by atoms with van der Waals surface area (Å²) < 4.78 is 30.4. The largest absolute Gasteiger partial charge is 0.434 e. The number of β-amino-alcohol motifs (C(OH)–C–C–N with tert-alkyl or cyclic N) is 1. The van der Waals surface area contributed by atoms with Crippen LogP contribution in [0.15, 0.2) is 16.6 Å². The molecule has 3 N–H and O–H groups in total. The van der Waals surface area contributed by atoms with Crippen LogP contribution in [0.5, 0.6) is 5.75 Å². The van der Waals surface area contributed by atoms with E-state index in [2.05, 4.69) is 31.3 Å². The second kappa shape index (κ2) is 8.98. The van der Waals surface area contributed by atoms with Gasteiger partial charge in [-0.15, -0.1) is 12.4 Å². The minimum absolute atomic E-state index is 0. The molecule has 1 aromatic carbocycles. The van der Waals surface area contributed by atoms with Gasteiger partial charge >= 0.3 is 6.61 Å². The van der Waals surface area contributed by atoms with Gasteiger partial charge in [0.15, 0.2) is 0 Å². The summed E-state index contributed by atoms with van der Waals surface area (Å²) in [5, 5.41) is 16.0. The molecule has 0 bridgehead atoms. The van der Waals surface area contributed by atoms with E-state index in [9.17, 15) is 13.9 Å². The smallest absolute Gasteiger partial charge is 0.387 e. The third-order valence-electron chi connectivity index (χ3n) is 3.55. The number of halogens is 4. The zero-order valence-corrected chi connectivity index (χ0v) is 14.5. The molecule has 4 nitrogen and oxygen atoms in total. The highest BCUT2D eigenvalue weighted by molar-refractivity contribution is 9.10. The van der Waals surface area contributed by atoms with Gasteiger partial charge in [0.05, 0.1) is 6.10 Å². The van der Waals surface area contributed by atoms with Crippen molar-refractivity contribution in [3.63, 3.8) is 0 Å². The van der Waals surface area contributed by atoms with Crippen molar-refractivity contribution in [1.82, 2.24) is 10.6 Å². The van der Waals surface area contributed by atoms with Gasteiger partial charge in [0.1, 0.15) is 5.75 Å². The van der Waals surface area contributed by atoms with E-state index in [1.54, 1.807) is 19.1 Å². The molecule has 8 heteroatoms. The van der Waals surface area contributed by atoms with E-state index in [1.165, 1.54) is 0 Å². The lowest BCUT2D eigenvalue weighted by molar-refractivity contribution is -0.0509. The number of hydrogen-bond donors (Lipinski definition) is 3. The van der Waals surface area contributed by atoms with Gasteiger partial charge in [-0.2, -0.15) is 8.78 Å². The number of rotatable bonds is 6. The van der Waals surface area contributed by atoms with Gasteiger partial charge in [-0.1, -0.05) is 15.9 Å². The lowest BCUT2D eigenvalue weighted by Gasteiger charge is -2.17. The summed E-state index contributed by atoms with van der Waals surface area (Å²) in [7, 11) is 0. The van der Waals surface area contributed by atoms with Gasteiger partial charge in [0.2, 0.25) is 0 Å². The Morgan fingerprint density at radius 3 is 2.77 bits per heavy atom. The molecule has 1 heterocycles. The molecule has 0 aliphatic carbocycles. The maximum absolute atomic E-state index is 12.5. The third-order valence-corrected chi connectivity index (χ3v) is 4.01. The molecule has 1 aromatic rings. The zero-order chi connectivity index (χ0) is 15.4. The van der Waals surface area contributed by atoms with Crippen LogP contribution >= 0.6 is 28.3 Å². The number of nitrogens with one attached hydrogen (secondary N) is 2. The molecular formula is C14H20BrClF2N2O2. The number of ether oxygens (including phenoxy) is 1. The summed E-state index contributed by atoms with van der Waals surface area (Å²) in [4.78, 5) is 0. The van der Waals surface area contributed by atoms with Crippen LogP contribution in [0, 0.1) is 12.8 Å². The third kappa shape index (κ3) is 5.31. The Hall–Kier alpha value is -0.470.